The monoisotopic (exact) mass is 318 g/mol. The molecule has 0 aromatic carbocycles. The van der Waals surface area contributed by atoms with Crippen molar-refractivity contribution >= 4 is 5.91 Å². The number of carbonyl (C=O) groups is 1. The molecule has 0 aromatic rings. The van der Waals surface area contributed by atoms with Gasteiger partial charge in [0, 0.05) is 24.7 Å². The number of amides is 1. The zero-order valence-electron chi connectivity index (χ0n) is 16.0. The fourth-order valence-corrected chi connectivity index (χ4v) is 5.85. The number of rotatable bonds is 1. The molecule has 0 aromatic heterocycles. The topological polar surface area (TPSA) is 23.6 Å². The van der Waals surface area contributed by atoms with Crippen LogP contribution in [0.5, 0.6) is 0 Å². The van der Waals surface area contributed by atoms with Crippen molar-refractivity contribution in [3.63, 3.8) is 0 Å². The minimum atomic E-state index is 0.0981. The molecule has 2 aliphatic carbocycles. The number of likely N-dealkylation sites (tertiary alicyclic amines) is 2. The molecular formula is C20H34N2O. The van der Waals surface area contributed by atoms with Gasteiger partial charge in [-0.1, -0.05) is 27.7 Å². The number of carbonyl (C=O) groups excluding carboxylic acids is 1. The van der Waals surface area contributed by atoms with Crippen LogP contribution in [-0.4, -0.2) is 46.4 Å². The summed E-state index contributed by atoms with van der Waals surface area (Å²) in [6, 6.07) is 0.590. The predicted octanol–water partition coefficient (Wildman–Crippen LogP) is 3.24. The molecule has 3 heteroatoms. The number of nitrogens with zero attached hydrogens (tertiary/aromatic N) is 2. The lowest BCUT2D eigenvalue weighted by atomic mass is 9.82. The summed E-state index contributed by atoms with van der Waals surface area (Å²) < 4.78 is 0. The van der Waals surface area contributed by atoms with E-state index in [-0.39, 0.29) is 17.0 Å². The lowest BCUT2D eigenvalue weighted by Gasteiger charge is -2.43. The van der Waals surface area contributed by atoms with Crippen LogP contribution in [0.4, 0.5) is 0 Å². The Labute approximate surface area is 141 Å². The molecule has 4 aliphatic rings. The van der Waals surface area contributed by atoms with Gasteiger partial charge in [-0.15, -0.1) is 0 Å². The lowest BCUT2D eigenvalue weighted by Crippen LogP contribution is -2.57. The molecule has 23 heavy (non-hydrogen) atoms. The van der Waals surface area contributed by atoms with Crippen molar-refractivity contribution in [1.29, 1.82) is 0 Å². The van der Waals surface area contributed by atoms with Crippen LogP contribution >= 0.6 is 0 Å². The van der Waals surface area contributed by atoms with Gasteiger partial charge in [0.2, 0.25) is 5.91 Å². The second kappa shape index (κ2) is 4.53. The van der Waals surface area contributed by atoms with Crippen LogP contribution in [0, 0.1) is 35.0 Å². The molecule has 2 heterocycles. The van der Waals surface area contributed by atoms with Crippen LogP contribution in [0.1, 0.15) is 54.9 Å². The Bertz CT molecular complexity index is 529. The van der Waals surface area contributed by atoms with Crippen molar-refractivity contribution in [2.45, 2.75) is 72.5 Å². The Morgan fingerprint density at radius 3 is 2.22 bits per heavy atom. The molecule has 1 unspecified atom stereocenters. The van der Waals surface area contributed by atoms with E-state index in [1.165, 1.54) is 6.42 Å². The van der Waals surface area contributed by atoms with E-state index in [9.17, 15) is 4.79 Å². The van der Waals surface area contributed by atoms with Crippen molar-refractivity contribution in [3.05, 3.63) is 0 Å². The van der Waals surface area contributed by atoms with Crippen LogP contribution in [0.25, 0.3) is 0 Å². The van der Waals surface area contributed by atoms with E-state index in [2.05, 4.69) is 58.3 Å². The van der Waals surface area contributed by atoms with Crippen molar-refractivity contribution in [2.24, 2.45) is 35.0 Å². The average molecular weight is 319 g/mol. The Balaban J connectivity index is 1.59. The minimum Gasteiger partial charge on any atom is -0.337 e. The van der Waals surface area contributed by atoms with Crippen LogP contribution < -0.4 is 0 Å². The minimum absolute atomic E-state index is 0.0981. The summed E-state index contributed by atoms with van der Waals surface area (Å²) in [5.74, 6) is 4.20. The molecule has 2 saturated carbocycles. The summed E-state index contributed by atoms with van der Waals surface area (Å²) in [5, 5.41) is 0. The zero-order valence-corrected chi connectivity index (χ0v) is 16.0. The van der Waals surface area contributed by atoms with E-state index in [4.69, 9.17) is 0 Å². The van der Waals surface area contributed by atoms with E-state index < -0.39 is 0 Å². The molecule has 130 valence electrons. The van der Waals surface area contributed by atoms with Gasteiger partial charge in [0.15, 0.2) is 0 Å². The Kier molecular flexibility index (Phi) is 3.14. The Morgan fingerprint density at radius 1 is 1.00 bits per heavy atom. The van der Waals surface area contributed by atoms with E-state index in [1.54, 1.807) is 0 Å². The Morgan fingerprint density at radius 2 is 1.65 bits per heavy atom. The maximum Gasteiger partial charge on any atom is 0.240 e. The second-order valence-electron chi connectivity index (χ2n) is 10.8. The molecule has 0 radical (unpaired) electrons. The number of fused-ring (bicyclic) bond motifs is 2. The van der Waals surface area contributed by atoms with Crippen molar-refractivity contribution < 1.29 is 4.79 Å². The normalized spacial score (nSPS) is 45.9. The maximum absolute atomic E-state index is 13.6. The third-order valence-electron chi connectivity index (χ3n) is 7.18. The molecule has 2 saturated heterocycles. The first kappa shape index (κ1) is 15.9. The highest BCUT2D eigenvalue weighted by Crippen LogP contribution is 2.60. The molecule has 0 spiro atoms. The molecule has 1 amide bonds. The third-order valence-corrected chi connectivity index (χ3v) is 7.18. The van der Waals surface area contributed by atoms with Crippen LogP contribution in [0.3, 0.4) is 0 Å². The molecule has 0 N–H and O–H groups in total. The Hall–Kier alpha value is -0.570. The number of hydrogen-bond donors (Lipinski definition) is 0. The van der Waals surface area contributed by atoms with Gasteiger partial charge in [0.05, 0.1) is 6.04 Å². The first-order chi connectivity index (χ1) is 10.5. The third kappa shape index (κ3) is 2.29. The fraction of sp³-hybridized carbons (Fsp3) is 0.950. The SMILES string of the molecule is C[C@@H]1[C@@H]2CN(C(=O)[C@@H]3[C@@H]4C[C@@H]4CN3C(C)(C)C)C(C(C)(C)C)[C@H]12. The fourth-order valence-electron chi connectivity index (χ4n) is 5.85. The molecule has 4 rings (SSSR count). The van der Waals surface area contributed by atoms with Crippen molar-refractivity contribution in [1.82, 2.24) is 9.80 Å². The highest BCUT2D eigenvalue weighted by Gasteiger charge is 2.65. The van der Waals surface area contributed by atoms with Crippen LogP contribution in [0.15, 0.2) is 0 Å². The van der Waals surface area contributed by atoms with Gasteiger partial charge in [-0.05, 0) is 62.2 Å². The molecule has 0 bridgehead atoms. The van der Waals surface area contributed by atoms with Gasteiger partial charge in [-0.2, -0.15) is 0 Å². The number of hydrogen-bond acceptors (Lipinski definition) is 2. The first-order valence-corrected chi connectivity index (χ1v) is 9.59. The summed E-state index contributed by atoms with van der Waals surface area (Å²) in [5.41, 5.74) is 0.287. The van der Waals surface area contributed by atoms with Gasteiger partial charge < -0.3 is 4.90 Å². The highest BCUT2D eigenvalue weighted by atomic mass is 16.2. The molecule has 2 aliphatic heterocycles. The van der Waals surface area contributed by atoms with E-state index in [0.29, 0.717) is 17.9 Å². The lowest BCUT2D eigenvalue weighted by molar-refractivity contribution is -0.143. The largest absolute Gasteiger partial charge is 0.337 e. The van der Waals surface area contributed by atoms with Gasteiger partial charge in [-0.25, -0.2) is 0 Å². The van der Waals surface area contributed by atoms with Gasteiger partial charge in [0.1, 0.15) is 0 Å². The van der Waals surface area contributed by atoms with Crippen molar-refractivity contribution in [3.8, 4) is 0 Å². The summed E-state index contributed by atoms with van der Waals surface area (Å²) >= 11 is 0. The number of piperidine rings is 2. The first-order valence-electron chi connectivity index (χ1n) is 9.59. The predicted molar refractivity (Wildman–Crippen MR) is 92.9 cm³/mol. The van der Waals surface area contributed by atoms with E-state index >= 15 is 0 Å². The average Bonchev–Trinajstić information content (AvgIpc) is 3.16. The van der Waals surface area contributed by atoms with Gasteiger partial charge in [-0.3, -0.25) is 9.69 Å². The summed E-state index contributed by atoms with van der Waals surface area (Å²) in [6.07, 6.45) is 1.28. The van der Waals surface area contributed by atoms with Gasteiger partial charge in [0.25, 0.3) is 0 Å². The molecule has 4 fully saturated rings. The van der Waals surface area contributed by atoms with Gasteiger partial charge >= 0.3 is 0 Å². The van der Waals surface area contributed by atoms with E-state index in [1.807, 2.05) is 0 Å². The van der Waals surface area contributed by atoms with E-state index in [0.717, 1.165) is 36.8 Å². The molecule has 3 nitrogen and oxygen atoms in total. The quantitative estimate of drug-likeness (QED) is 0.741. The summed E-state index contributed by atoms with van der Waals surface area (Å²) in [6.45, 7) is 18.3. The van der Waals surface area contributed by atoms with Crippen LogP contribution in [-0.2, 0) is 4.79 Å². The smallest absolute Gasteiger partial charge is 0.240 e. The zero-order chi connectivity index (χ0) is 16.9. The van der Waals surface area contributed by atoms with Crippen molar-refractivity contribution in [2.75, 3.05) is 13.1 Å². The summed E-state index contributed by atoms with van der Waals surface area (Å²) in [4.78, 5) is 18.4. The molecule has 7 atom stereocenters. The molecular weight excluding hydrogens is 284 g/mol. The standard InChI is InChI=1S/C20H34N2O/c1-11-14-10-21(17(15(11)14)19(2,3)4)18(23)16-13-8-12(13)9-22(16)20(5,6)7/h11-17H,8-10H2,1-7H3/t11-,12-,13-,14+,15-,16+,17?/m1/s1. The highest BCUT2D eigenvalue weighted by molar-refractivity contribution is 5.84. The summed E-state index contributed by atoms with van der Waals surface area (Å²) in [7, 11) is 0. The van der Waals surface area contributed by atoms with Crippen LogP contribution in [0.2, 0.25) is 0 Å². The second-order valence-corrected chi connectivity index (χ2v) is 10.8. The maximum atomic E-state index is 13.6.